The minimum atomic E-state index is -0.916. The third-order valence-electron chi connectivity index (χ3n) is 4.84. The van der Waals surface area contributed by atoms with Gasteiger partial charge in [-0.25, -0.2) is 0 Å². The largest absolute Gasteiger partial charge is 0.449 e. The van der Waals surface area contributed by atoms with Crippen LogP contribution in [0.15, 0.2) is 60.8 Å². The second-order valence-electron chi connectivity index (χ2n) is 6.66. The first-order valence-electron chi connectivity index (χ1n) is 8.51. The van der Waals surface area contributed by atoms with Crippen molar-refractivity contribution in [2.75, 3.05) is 0 Å². The van der Waals surface area contributed by atoms with Crippen LogP contribution in [0.2, 0.25) is 0 Å². The van der Waals surface area contributed by atoms with Crippen molar-refractivity contribution in [1.82, 2.24) is 4.98 Å². The first-order chi connectivity index (χ1) is 12.1. The van der Waals surface area contributed by atoms with Gasteiger partial charge in [0.1, 0.15) is 0 Å². The zero-order valence-electron chi connectivity index (χ0n) is 13.9. The SMILES string of the molecule is C[C@@H]1C[C@@H]1C(=O)O[C@H](C(=O)c1c[nH]c2ccccc12)c1ccccc1. The molecule has 0 aliphatic heterocycles. The number of nitrogens with one attached hydrogen (secondary N) is 1. The first kappa shape index (κ1) is 15.6. The molecule has 1 aliphatic carbocycles. The summed E-state index contributed by atoms with van der Waals surface area (Å²) in [6, 6.07) is 16.8. The number of para-hydroxylation sites is 1. The molecule has 25 heavy (non-hydrogen) atoms. The summed E-state index contributed by atoms with van der Waals surface area (Å²) in [5, 5.41) is 0.837. The van der Waals surface area contributed by atoms with Crippen LogP contribution >= 0.6 is 0 Å². The van der Waals surface area contributed by atoms with Crippen LogP contribution in [-0.4, -0.2) is 16.7 Å². The van der Waals surface area contributed by atoms with Gasteiger partial charge in [0.25, 0.3) is 0 Å². The van der Waals surface area contributed by atoms with Crippen LogP contribution in [0.4, 0.5) is 0 Å². The zero-order valence-corrected chi connectivity index (χ0v) is 13.9. The van der Waals surface area contributed by atoms with Crippen molar-refractivity contribution < 1.29 is 14.3 Å². The molecule has 0 unspecified atom stereocenters. The number of carbonyl (C=O) groups is 2. The molecule has 1 N–H and O–H groups in total. The Labute approximate surface area is 145 Å². The quantitative estimate of drug-likeness (QED) is 0.560. The van der Waals surface area contributed by atoms with Crippen molar-refractivity contribution in [2.24, 2.45) is 11.8 Å². The molecule has 0 radical (unpaired) electrons. The van der Waals surface area contributed by atoms with Crippen LogP contribution in [0, 0.1) is 11.8 Å². The van der Waals surface area contributed by atoms with Crippen LogP contribution in [0.3, 0.4) is 0 Å². The standard InChI is InChI=1S/C21H19NO3/c1-13-11-16(13)21(24)25-20(14-7-3-2-4-8-14)19(23)17-12-22-18-10-6-5-9-15(17)18/h2-10,12-13,16,20,22H,11H2,1H3/t13-,16+,20+/m1/s1. The molecule has 2 aromatic carbocycles. The number of H-pyrrole nitrogens is 1. The topological polar surface area (TPSA) is 59.2 Å². The van der Waals surface area contributed by atoms with Gasteiger partial charge in [-0.05, 0) is 18.4 Å². The number of rotatable bonds is 5. The van der Waals surface area contributed by atoms with Crippen molar-refractivity contribution in [1.29, 1.82) is 0 Å². The lowest BCUT2D eigenvalue weighted by molar-refractivity contribution is -0.149. The van der Waals surface area contributed by atoms with E-state index in [1.807, 2.05) is 61.5 Å². The van der Waals surface area contributed by atoms with Crippen molar-refractivity contribution in [2.45, 2.75) is 19.4 Å². The van der Waals surface area contributed by atoms with Gasteiger partial charge in [-0.3, -0.25) is 9.59 Å². The third kappa shape index (κ3) is 2.95. The van der Waals surface area contributed by atoms with Crippen molar-refractivity contribution in [3.63, 3.8) is 0 Å². The highest BCUT2D eigenvalue weighted by molar-refractivity contribution is 6.10. The van der Waals surface area contributed by atoms with E-state index in [-0.39, 0.29) is 17.7 Å². The fourth-order valence-electron chi connectivity index (χ4n) is 3.17. The predicted molar refractivity (Wildman–Crippen MR) is 95.2 cm³/mol. The number of ketones is 1. The Morgan fingerprint density at radius 1 is 1.08 bits per heavy atom. The second-order valence-corrected chi connectivity index (χ2v) is 6.66. The molecule has 4 rings (SSSR count). The van der Waals surface area contributed by atoms with Crippen molar-refractivity contribution in [3.05, 3.63) is 71.9 Å². The summed E-state index contributed by atoms with van der Waals surface area (Å²) in [6.45, 7) is 2.02. The molecule has 1 saturated carbocycles. The average molecular weight is 333 g/mol. The molecule has 1 aliphatic rings. The Hall–Kier alpha value is -2.88. The Bertz CT molecular complexity index is 928. The maximum atomic E-state index is 13.2. The van der Waals surface area contributed by atoms with E-state index in [9.17, 15) is 9.59 Å². The molecule has 4 heteroatoms. The van der Waals surface area contributed by atoms with Gasteiger partial charge in [0.2, 0.25) is 5.78 Å². The van der Waals surface area contributed by atoms with Gasteiger partial charge < -0.3 is 9.72 Å². The number of aromatic nitrogens is 1. The van der Waals surface area contributed by atoms with E-state index in [4.69, 9.17) is 4.74 Å². The maximum absolute atomic E-state index is 13.2. The summed E-state index contributed by atoms with van der Waals surface area (Å²) < 4.78 is 5.66. The molecule has 1 aromatic heterocycles. The fourth-order valence-corrected chi connectivity index (χ4v) is 3.17. The van der Waals surface area contributed by atoms with E-state index in [2.05, 4.69) is 4.98 Å². The molecule has 0 spiro atoms. The van der Waals surface area contributed by atoms with Gasteiger partial charge in [-0.15, -0.1) is 0 Å². The number of benzene rings is 2. The van der Waals surface area contributed by atoms with E-state index in [1.165, 1.54) is 0 Å². The van der Waals surface area contributed by atoms with E-state index in [0.29, 0.717) is 17.0 Å². The maximum Gasteiger partial charge on any atom is 0.310 e. The monoisotopic (exact) mass is 333 g/mol. The number of hydrogen-bond donors (Lipinski definition) is 1. The Morgan fingerprint density at radius 2 is 1.76 bits per heavy atom. The summed E-state index contributed by atoms with van der Waals surface area (Å²) in [7, 11) is 0. The van der Waals surface area contributed by atoms with Gasteiger partial charge >= 0.3 is 5.97 Å². The van der Waals surface area contributed by atoms with Gasteiger partial charge in [-0.2, -0.15) is 0 Å². The molecule has 1 fully saturated rings. The van der Waals surface area contributed by atoms with Gasteiger partial charge in [-0.1, -0.05) is 55.5 Å². The molecule has 0 saturated heterocycles. The van der Waals surface area contributed by atoms with E-state index < -0.39 is 6.10 Å². The summed E-state index contributed by atoms with van der Waals surface area (Å²) in [5.41, 5.74) is 2.13. The summed E-state index contributed by atoms with van der Waals surface area (Å²) >= 11 is 0. The molecule has 1 heterocycles. The molecular weight excluding hydrogens is 314 g/mol. The van der Waals surface area contributed by atoms with Gasteiger partial charge in [0.05, 0.1) is 5.92 Å². The molecule has 3 aromatic rings. The second kappa shape index (κ2) is 6.20. The normalized spacial score (nSPS) is 20.2. The molecular formula is C21H19NO3. The van der Waals surface area contributed by atoms with Crippen LogP contribution in [0.25, 0.3) is 10.9 Å². The summed E-state index contributed by atoms with van der Waals surface area (Å²) in [4.78, 5) is 28.6. The number of aromatic amines is 1. The smallest absolute Gasteiger partial charge is 0.310 e. The fraction of sp³-hybridized carbons (Fsp3) is 0.238. The Balaban J connectivity index is 1.69. The zero-order chi connectivity index (χ0) is 17.4. The highest BCUT2D eigenvalue weighted by Gasteiger charge is 2.42. The number of fused-ring (bicyclic) bond motifs is 1. The van der Waals surface area contributed by atoms with Crippen LogP contribution in [0.5, 0.6) is 0 Å². The Kier molecular flexibility index (Phi) is 3.88. The lowest BCUT2D eigenvalue weighted by Crippen LogP contribution is -2.21. The van der Waals surface area contributed by atoms with Gasteiger partial charge in [0, 0.05) is 28.2 Å². The van der Waals surface area contributed by atoms with Crippen LogP contribution in [0.1, 0.15) is 35.4 Å². The number of hydrogen-bond acceptors (Lipinski definition) is 3. The molecule has 3 atom stereocenters. The van der Waals surface area contributed by atoms with Gasteiger partial charge in [0.15, 0.2) is 6.10 Å². The molecule has 126 valence electrons. The minimum absolute atomic E-state index is 0.0815. The number of ether oxygens (including phenoxy) is 1. The third-order valence-corrected chi connectivity index (χ3v) is 4.84. The molecule has 4 nitrogen and oxygen atoms in total. The van der Waals surface area contributed by atoms with Crippen molar-refractivity contribution >= 4 is 22.7 Å². The minimum Gasteiger partial charge on any atom is -0.449 e. The van der Waals surface area contributed by atoms with E-state index in [0.717, 1.165) is 17.3 Å². The predicted octanol–water partition coefficient (Wildman–Crippen LogP) is 4.29. The van der Waals surface area contributed by atoms with Crippen molar-refractivity contribution in [3.8, 4) is 0 Å². The van der Waals surface area contributed by atoms with Crippen LogP contribution in [-0.2, 0) is 9.53 Å². The lowest BCUT2D eigenvalue weighted by atomic mass is 9.99. The van der Waals surface area contributed by atoms with E-state index >= 15 is 0 Å². The average Bonchev–Trinajstić information content (AvgIpc) is 3.22. The highest BCUT2D eigenvalue weighted by atomic mass is 16.5. The first-order valence-corrected chi connectivity index (χ1v) is 8.51. The summed E-state index contributed by atoms with van der Waals surface area (Å²) in [6.07, 6.45) is 1.61. The summed E-state index contributed by atoms with van der Waals surface area (Å²) in [5.74, 6) is -0.228. The Morgan fingerprint density at radius 3 is 2.48 bits per heavy atom. The number of Topliss-reactive ketones (excluding diaryl/α,β-unsaturated/α-hetero) is 1. The lowest BCUT2D eigenvalue weighted by Gasteiger charge is -2.17. The highest BCUT2D eigenvalue weighted by Crippen LogP contribution is 2.40. The number of carbonyl (C=O) groups excluding carboxylic acids is 2. The molecule has 0 amide bonds. The van der Waals surface area contributed by atoms with E-state index in [1.54, 1.807) is 6.20 Å². The van der Waals surface area contributed by atoms with Crippen LogP contribution < -0.4 is 0 Å². The number of esters is 1. The molecule has 0 bridgehead atoms.